The molecule has 1 heterocycles. The monoisotopic (exact) mass is 203 g/mol. The minimum Gasteiger partial charge on any atom is -0.309 e. The van der Waals surface area contributed by atoms with Crippen LogP contribution in [0.15, 0.2) is 11.0 Å². The van der Waals surface area contributed by atoms with Crippen LogP contribution in [-0.2, 0) is 6.42 Å². The number of alkyl halides is 3. The van der Waals surface area contributed by atoms with Crippen LogP contribution in [0.5, 0.6) is 0 Å². The molecule has 1 rings (SSSR count). The Kier molecular flexibility index (Phi) is 2.56. The lowest BCUT2D eigenvalue weighted by atomic mass is 10.3. The van der Waals surface area contributed by atoms with Gasteiger partial charge in [-0.15, -0.1) is 0 Å². The Morgan fingerprint density at radius 1 is 1.57 bits per heavy atom. The first kappa shape index (κ1) is 10.2. The summed E-state index contributed by atoms with van der Waals surface area (Å²) < 4.78 is 35.5. The largest absolute Gasteiger partial charge is 0.396 e. The summed E-state index contributed by atoms with van der Waals surface area (Å²) in [6.45, 7) is 0. The third-order valence-electron chi connectivity index (χ3n) is 1.34. The van der Waals surface area contributed by atoms with Gasteiger partial charge in [-0.05, 0) is 0 Å². The summed E-state index contributed by atoms with van der Waals surface area (Å²) in [5.74, 6) is -0.499. The zero-order chi connectivity index (χ0) is 10.8. The van der Waals surface area contributed by atoms with E-state index in [2.05, 4.69) is 4.98 Å². The fraction of sp³-hybridized carbons (Fsp3) is 0.286. The lowest BCUT2D eigenvalue weighted by molar-refractivity contribution is -0.128. The normalized spacial score (nSPS) is 11.0. The van der Waals surface area contributed by atoms with Crippen LogP contribution < -0.4 is 5.56 Å². The van der Waals surface area contributed by atoms with Gasteiger partial charge in [0.05, 0.1) is 6.20 Å². The molecule has 0 atom stereocenters. The molecule has 0 saturated heterocycles. The predicted molar refractivity (Wildman–Crippen MR) is 39.3 cm³/mol. The molecule has 1 N–H and O–H groups in total. The van der Waals surface area contributed by atoms with Crippen molar-refractivity contribution in [2.24, 2.45) is 0 Å². The van der Waals surface area contributed by atoms with Gasteiger partial charge in [0.25, 0.3) is 5.56 Å². The van der Waals surface area contributed by atoms with E-state index in [1.165, 1.54) is 6.07 Å². The van der Waals surface area contributed by atoms with Gasteiger partial charge in [0.1, 0.15) is 23.9 Å². The molecule has 0 aliphatic heterocycles. The van der Waals surface area contributed by atoms with Crippen molar-refractivity contribution in [2.45, 2.75) is 12.6 Å². The highest BCUT2D eigenvalue weighted by Crippen LogP contribution is 2.18. The Morgan fingerprint density at radius 3 is 2.64 bits per heavy atom. The van der Waals surface area contributed by atoms with Crippen molar-refractivity contribution in [1.29, 1.82) is 5.26 Å². The molecular weight excluding hydrogens is 199 g/mol. The molecule has 14 heavy (non-hydrogen) atoms. The SMILES string of the molecule is N#Cc1cnc(CC(F)(F)F)[nH]c1=O. The lowest BCUT2D eigenvalue weighted by Crippen LogP contribution is -2.20. The van der Waals surface area contributed by atoms with Gasteiger partial charge in [-0.2, -0.15) is 18.4 Å². The van der Waals surface area contributed by atoms with Crippen molar-refractivity contribution < 1.29 is 13.2 Å². The molecule has 0 unspecified atom stereocenters. The first-order valence-corrected chi connectivity index (χ1v) is 3.47. The van der Waals surface area contributed by atoms with Gasteiger partial charge >= 0.3 is 6.18 Å². The van der Waals surface area contributed by atoms with Crippen LogP contribution in [-0.4, -0.2) is 16.1 Å². The second kappa shape index (κ2) is 3.49. The van der Waals surface area contributed by atoms with Gasteiger partial charge in [-0.25, -0.2) is 4.98 Å². The summed E-state index contributed by atoms with van der Waals surface area (Å²) in [5.41, 5.74) is -1.17. The molecule has 0 radical (unpaired) electrons. The summed E-state index contributed by atoms with van der Waals surface area (Å²) >= 11 is 0. The van der Waals surface area contributed by atoms with E-state index >= 15 is 0 Å². The van der Waals surface area contributed by atoms with Gasteiger partial charge in [-0.1, -0.05) is 0 Å². The van der Waals surface area contributed by atoms with Crippen molar-refractivity contribution in [3.8, 4) is 6.07 Å². The zero-order valence-electron chi connectivity index (χ0n) is 6.72. The van der Waals surface area contributed by atoms with Crippen LogP contribution in [0.25, 0.3) is 0 Å². The first-order valence-electron chi connectivity index (χ1n) is 3.47. The van der Waals surface area contributed by atoms with Crippen molar-refractivity contribution in [3.05, 3.63) is 27.9 Å². The number of nitrogens with zero attached hydrogens (tertiary/aromatic N) is 2. The van der Waals surface area contributed by atoms with Crippen LogP contribution in [0.2, 0.25) is 0 Å². The molecule has 0 bridgehead atoms. The molecular formula is C7H4F3N3O. The van der Waals surface area contributed by atoms with E-state index in [0.29, 0.717) is 0 Å². The quantitative estimate of drug-likeness (QED) is 0.731. The standard InChI is InChI=1S/C7H4F3N3O/c8-7(9,10)1-5-12-3-4(2-11)6(14)13-5/h3H,1H2,(H,12,13,14). The van der Waals surface area contributed by atoms with Crippen LogP contribution in [0.4, 0.5) is 13.2 Å². The minimum atomic E-state index is -4.43. The number of rotatable bonds is 1. The number of nitriles is 1. The van der Waals surface area contributed by atoms with Gasteiger partial charge in [0.15, 0.2) is 0 Å². The Bertz CT molecular complexity index is 429. The lowest BCUT2D eigenvalue weighted by Gasteiger charge is -2.04. The second-order valence-corrected chi connectivity index (χ2v) is 2.48. The number of H-pyrrole nitrogens is 1. The van der Waals surface area contributed by atoms with E-state index in [1.54, 1.807) is 0 Å². The van der Waals surface area contributed by atoms with E-state index in [9.17, 15) is 18.0 Å². The molecule has 1 aromatic heterocycles. The molecule has 0 fully saturated rings. The number of aromatic nitrogens is 2. The highest BCUT2D eigenvalue weighted by molar-refractivity contribution is 5.22. The van der Waals surface area contributed by atoms with Gasteiger partial charge in [0, 0.05) is 0 Å². The molecule has 0 aliphatic carbocycles. The second-order valence-electron chi connectivity index (χ2n) is 2.48. The number of hydrogen-bond donors (Lipinski definition) is 1. The molecule has 0 aliphatic rings. The van der Waals surface area contributed by atoms with Crippen LogP contribution in [0.1, 0.15) is 11.4 Å². The summed E-state index contributed by atoms with van der Waals surface area (Å²) in [4.78, 5) is 16.0. The highest BCUT2D eigenvalue weighted by atomic mass is 19.4. The maximum atomic E-state index is 11.8. The molecule has 0 amide bonds. The van der Waals surface area contributed by atoms with E-state index in [1.807, 2.05) is 4.98 Å². The van der Waals surface area contributed by atoms with Crippen molar-refractivity contribution >= 4 is 0 Å². The molecule has 0 saturated carbocycles. The summed E-state index contributed by atoms with van der Waals surface area (Å²) in [5, 5.41) is 8.31. The van der Waals surface area contributed by atoms with E-state index in [4.69, 9.17) is 5.26 Å². The number of halogens is 3. The molecule has 74 valence electrons. The first-order chi connectivity index (χ1) is 6.42. The van der Waals surface area contributed by atoms with E-state index in [0.717, 1.165) is 6.20 Å². The fourth-order valence-electron chi connectivity index (χ4n) is 0.791. The Hall–Kier alpha value is -1.84. The molecule has 0 aromatic carbocycles. The maximum absolute atomic E-state index is 11.8. The average molecular weight is 203 g/mol. The fourth-order valence-corrected chi connectivity index (χ4v) is 0.791. The van der Waals surface area contributed by atoms with Crippen molar-refractivity contribution in [2.75, 3.05) is 0 Å². The van der Waals surface area contributed by atoms with Gasteiger partial charge in [0.2, 0.25) is 0 Å². The predicted octanol–water partition coefficient (Wildman–Crippen LogP) is 0.746. The smallest absolute Gasteiger partial charge is 0.309 e. The number of aromatic amines is 1. The minimum absolute atomic E-state index is 0.309. The summed E-state index contributed by atoms with van der Waals surface area (Å²) in [6, 6.07) is 1.50. The van der Waals surface area contributed by atoms with Gasteiger partial charge < -0.3 is 4.98 Å². The molecule has 0 spiro atoms. The van der Waals surface area contributed by atoms with Crippen LogP contribution >= 0.6 is 0 Å². The molecule has 7 heteroatoms. The van der Waals surface area contributed by atoms with Crippen LogP contribution in [0.3, 0.4) is 0 Å². The van der Waals surface area contributed by atoms with Gasteiger partial charge in [-0.3, -0.25) is 4.79 Å². The average Bonchev–Trinajstić information content (AvgIpc) is 2.01. The number of nitrogens with one attached hydrogen (secondary N) is 1. The van der Waals surface area contributed by atoms with E-state index < -0.39 is 24.0 Å². The van der Waals surface area contributed by atoms with Crippen molar-refractivity contribution in [1.82, 2.24) is 9.97 Å². The maximum Gasteiger partial charge on any atom is 0.396 e. The third kappa shape index (κ3) is 2.58. The summed E-state index contributed by atoms with van der Waals surface area (Å²) in [6.07, 6.45) is -4.92. The van der Waals surface area contributed by atoms with Crippen LogP contribution in [0, 0.1) is 11.3 Å². The Balaban J connectivity index is 3.00. The number of hydrogen-bond acceptors (Lipinski definition) is 3. The summed E-state index contributed by atoms with van der Waals surface area (Å²) in [7, 11) is 0. The topological polar surface area (TPSA) is 69.5 Å². The van der Waals surface area contributed by atoms with E-state index in [-0.39, 0.29) is 5.56 Å². The highest BCUT2D eigenvalue weighted by Gasteiger charge is 2.29. The molecule has 4 nitrogen and oxygen atoms in total. The molecule has 1 aromatic rings. The van der Waals surface area contributed by atoms with Crippen molar-refractivity contribution in [3.63, 3.8) is 0 Å². The Morgan fingerprint density at radius 2 is 2.21 bits per heavy atom. The zero-order valence-corrected chi connectivity index (χ0v) is 6.72. The Labute approximate surface area is 76.0 Å². The third-order valence-corrected chi connectivity index (χ3v) is 1.34.